The zero-order valence-corrected chi connectivity index (χ0v) is 26.3. The van der Waals surface area contributed by atoms with Gasteiger partial charge in [-0.2, -0.15) is 0 Å². The van der Waals surface area contributed by atoms with E-state index in [1.54, 1.807) is 12.1 Å². The second-order valence-corrected chi connectivity index (χ2v) is 13.0. The fraction of sp³-hybridized carbons (Fsp3) is 0.485. The number of aromatic nitrogens is 3. The normalized spacial score (nSPS) is 19.9. The SMILES string of the molecule is CCc1nc2n(c1N(C)c1nc(-c3ccc(F)cc3)c(CO)s1)/C=C(C1CCN(CC(=O)N3CC(CO)C3)CC1)\C=C/CC2. The molecule has 0 unspecified atom stereocenters. The minimum atomic E-state index is -0.309. The van der Waals surface area contributed by atoms with E-state index < -0.39 is 0 Å². The fourth-order valence-electron chi connectivity index (χ4n) is 6.41. The number of hydrogen-bond acceptors (Lipinski definition) is 8. The molecule has 0 radical (unpaired) electrons. The molecular formula is C33H41FN6O3S. The number of amides is 1. The molecule has 2 aromatic heterocycles. The average Bonchev–Trinajstić information content (AvgIpc) is 3.58. The van der Waals surface area contributed by atoms with Gasteiger partial charge in [0.2, 0.25) is 5.91 Å². The molecule has 0 spiro atoms. The molecule has 3 aromatic rings. The van der Waals surface area contributed by atoms with E-state index in [1.807, 2.05) is 11.9 Å². The first-order valence-corrected chi connectivity index (χ1v) is 16.4. The molecular weight excluding hydrogens is 579 g/mol. The van der Waals surface area contributed by atoms with Crippen molar-refractivity contribution in [1.82, 2.24) is 24.3 Å². The van der Waals surface area contributed by atoms with E-state index in [9.17, 15) is 19.4 Å². The molecule has 0 aliphatic carbocycles. The van der Waals surface area contributed by atoms with Crippen LogP contribution in [-0.2, 0) is 24.2 Å². The number of halogens is 1. The number of allylic oxidation sites excluding steroid dienone is 3. The summed E-state index contributed by atoms with van der Waals surface area (Å²) >= 11 is 1.43. The first kappa shape index (κ1) is 30.6. The van der Waals surface area contributed by atoms with Crippen LogP contribution < -0.4 is 4.90 Å². The van der Waals surface area contributed by atoms with Gasteiger partial charge in [-0.05, 0) is 74.5 Å². The van der Waals surface area contributed by atoms with Crippen molar-refractivity contribution in [3.8, 4) is 11.3 Å². The molecule has 5 heterocycles. The van der Waals surface area contributed by atoms with Crippen molar-refractivity contribution in [2.24, 2.45) is 11.8 Å². The minimum absolute atomic E-state index is 0.149. The lowest BCUT2D eigenvalue weighted by atomic mass is 9.88. The molecule has 0 atom stereocenters. The van der Waals surface area contributed by atoms with Crippen molar-refractivity contribution < 1.29 is 19.4 Å². The number of carbonyl (C=O) groups is 1. The van der Waals surface area contributed by atoms with Crippen LogP contribution in [0.25, 0.3) is 17.5 Å². The number of aliphatic hydroxyl groups is 2. The summed E-state index contributed by atoms with van der Waals surface area (Å²) in [6.45, 7) is 5.65. The monoisotopic (exact) mass is 620 g/mol. The van der Waals surface area contributed by atoms with Crippen LogP contribution in [0.4, 0.5) is 15.3 Å². The predicted molar refractivity (Wildman–Crippen MR) is 171 cm³/mol. The summed E-state index contributed by atoms with van der Waals surface area (Å²) < 4.78 is 15.8. The number of piperidine rings is 1. The minimum Gasteiger partial charge on any atom is -0.396 e. The van der Waals surface area contributed by atoms with Crippen molar-refractivity contribution in [2.75, 3.05) is 51.3 Å². The average molecular weight is 621 g/mol. The lowest BCUT2D eigenvalue weighted by Gasteiger charge is -2.40. The zero-order chi connectivity index (χ0) is 30.8. The van der Waals surface area contributed by atoms with Crippen LogP contribution in [0.2, 0.25) is 0 Å². The molecule has 44 heavy (non-hydrogen) atoms. The number of benzene rings is 1. The molecule has 234 valence electrons. The molecule has 2 N–H and O–H groups in total. The highest BCUT2D eigenvalue weighted by Gasteiger charge is 2.32. The molecule has 1 amide bonds. The van der Waals surface area contributed by atoms with Crippen molar-refractivity contribution in [3.63, 3.8) is 0 Å². The number of rotatable bonds is 9. The van der Waals surface area contributed by atoms with E-state index in [1.165, 1.54) is 29.0 Å². The third-order valence-electron chi connectivity index (χ3n) is 9.02. The lowest BCUT2D eigenvalue weighted by Crippen LogP contribution is -2.54. The van der Waals surface area contributed by atoms with Crippen molar-refractivity contribution in [2.45, 2.75) is 45.6 Å². The number of imidazole rings is 1. The topological polar surface area (TPSA) is 98.0 Å². The van der Waals surface area contributed by atoms with Gasteiger partial charge < -0.3 is 20.0 Å². The van der Waals surface area contributed by atoms with Gasteiger partial charge in [0.1, 0.15) is 17.5 Å². The van der Waals surface area contributed by atoms with Gasteiger partial charge in [0.05, 0.1) is 29.4 Å². The molecule has 3 aliphatic rings. The van der Waals surface area contributed by atoms with Crippen LogP contribution >= 0.6 is 11.3 Å². The Hall–Kier alpha value is -3.38. The van der Waals surface area contributed by atoms with Crippen molar-refractivity contribution in [1.29, 1.82) is 0 Å². The summed E-state index contributed by atoms with van der Waals surface area (Å²) in [4.78, 5) is 29.6. The van der Waals surface area contributed by atoms with Crippen LogP contribution in [0.1, 0.15) is 42.6 Å². The Morgan fingerprint density at radius 3 is 2.57 bits per heavy atom. The number of carbonyl (C=O) groups excluding carboxylic acids is 1. The van der Waals surface area contributed by atoms with E-state index in [2.05, 4.69) is 39.6 Å². The van der Waals surface area contributed by atoms with E-state index in [0.717, 1.165) is 78.1 Å². The van der Waals surface area contributed by atoms with Crippen LogP contribution in [0.15, 0.2) is 42.0 Å². The number of anilines is 2. The van der Waals surface area contributed by atoms with Gasteiger partial charge in [-0.25, -0.2) is 14.4 Å². The zero-order valence-electron chi connectivity index (χ0n) is 25.5. The molecule has 3 aliphatic heterocycles. The Kier molecular flexibility index (Phi) is 9.27. The molecule has 6 rings (SSSR count). The first-order chi connectivity index (χ1) is 21.4. The number of thiazole rings is 1. The quantitative estimate of drug-likeness (QED) is 0.364. The number of aryl methyl sites for hydroxylation is 2. The molecule has 2 saturated heterocycles. The highest BCUT2D eigenvalue weighted by Crippen LogP contribution is 2.39. The van der Waals surface area contributed by atoms with Crippen molar-refractivity contribution in [3.05, 3.63) is 64.2 Å². The molecule has 1 aromatic carbocycles. The largest absolute Gasteiger partial charge is 0.396 e. The summed E-state index contributed by atoms with van der Waals surface area (Å²) in [5.41, 5.74) is 3.69. The maximum Gasteiger partial charge on any atom is 0.236 e. The summed E-state index contributed by atoms with van der Waals surface area (Å²) in [5, 5.41) is 20.1. The third-order valence-corrected chi connectivity index (χ3v) is 10.1. The maximum absolute atomic E-state index is 13.6. The van der Waals surface area contributed by atoms with Crippen LogP contribution in [0.3, 0.4) is 0 Å². The van der Waals surface area contributed by atoms with Crippen LogP contribution in [-0.4, -0.2) is 86.8 Å². The summed E-state index contributed by atoms with van der Waals surface area (Å²) in [6, 6.07) is 6.21. The number of nitrogens with zero attached hydrogens (tertiary/aromatic N) is 6. The molecule has 9 nitrogen and oxygen atoms in total. The Bertz CT molecular complexity index is 1530. The molecule has 2 fully saturated rings. The van der Waals surface area contributed by atoms with Gasteiger partial charge in [-0.1, -0.05) is 30.4 Å². The highest BCUT2D eigenvalue weighted by atomic mass is 32.1. The smallest absolute Gasteiger partial charge is 0.236 e. The van der Waals surface area contributed by atoms with Gasteiger partial charge in [-0.3, -0.25) is 14.3 Å². The Labute approximate surface area is 262 Å². The van der Waals surface area contributed by atoms with E-state index in [0.29, 0.717) is 31.2 Å². The van der Waals surface area contributed by atoms with Gasteiger partial charge >= 0.3 is 0 Å². The number of hydrogen-bond donors (Lipinski definition) is 2. The fourth-order valence-corrected chi connectivity index (χ4v) is 7.31. The second-order valence-electron chi connectivity index (χ2n) is 12.0. The third kappa shape index (κ3) is 6.24. The predicted octanol–water partition coefficient (Wildman–Crippen LogP) is 4.47. The summed E-state index contributed by atoms with van der Waals surface area (Å²) in [6.07, 6.45) is 11.2. The Balaban J connectivity index is 1.23. The second kappa shape index (κ2) is 13.3. The van der Waals surface area contributed by atoms with E-state index in [4.69, 9.17) is 9.97 Å². The van der Waals surface area contributed by atoms with E-state index >= 15 is 0 Å². The molecule has 0 bridgehead atoms. The van der Waals surface area contributed by atoms with Gasteiger partial charge in [-0.15, -0.1) is 0 Å². The first-order valence-electron chi connectivity index (χ1n) is 15.6. The summed E-state index contributed by atoms with van der Waals surface area (Å²) in [5.74, 6) is 2.45. The van der Waals surface area contributed by atoms with Gasteiger partial charge in [0.25, 0.3) is 0 Å². The van der Waals surface area contributed by atoms with Crippen molar-refractivity contribution >= 4 is 34.4 Å². The van der Waals surface area contributed by atoms with Gasteiger partial charge in [0.15, 0.2) is 5.13 Å². The number of aliphatic hydroxyl groups excluding tert-OH is 2. The van der Waals surface area contributed by atoms with Crippen LogP contribution in [0.5, 0.6) is 0 Å². The van der Waals surface area contributed by atoms with Crippen LogP contribution in [0, 0.1) is 17.7 Å². The van der Waals surface area contributed by atoms with E-state index in [-0.39, 0.29) is 30.9 Å². The number of likely N-dealkylation sites (tertiary alicyclic amines) is 2. The molecule has 0 saturated carbocycles. The summed E-state index contributed by atoms with van der Waals surface area (Å²) in [7, 11) is 2.00. The Morgan fingerprint density at radius 2 is 1.89 bits per heavy atom. The highest BCUT2D eigenvalue weighted by molar-refractivity contribution is 7.16. The molecule has 11 heteroatoms. The number of fused-ring (bicyclic) bond motifs is 1. The Morgan fingerprint density at radius 1 is 1.14 bits per heavy atom. The standard InChI is InChI=1S/C33H41FN6O3S/c1-3-27-32(37(2)33-36-31(28(21-42)44-33)24-8-10-26(34)11-9-24)40-18-25(6-4-5-7-29(40)35-27)23-12-14-38(15-13-23)19-30(43)39-16-22(17-39)20-41/h4,6,8-11,18,22-23,41-42H,3,5,7,12-17,19-21H2,1-2H3/b6-4-,25-18+. The van der Waals surface area contributed by atoms with Gasteiger partial charge in [0, 0.05) is 50.8 Å². The lowest BCUT2D eigenvalue weighted by molar-refractivity contribution is -0.140. The maximum atomic E-state index is 13.6.